The molecule has 3 N–H and O–H groups in total. The fourth-order valence-electron chi connectivity index (χ4n) is 4.30. The van der Waals surface area contributed by atoms with Crippen LogP contribution in [-0.2, 0) is 12.8 Å². The molecule has 1 unspecified atom stereocenters. The summed E-state index contributed by atoms with van der Waals surface area (Å²) in [6, 6.07) is 10.0. The Morgan fingerprint density at radius 2 is 2.06 bits per heavy atom. The average molecular weight is 428 g/mol. The lowest BCUT2D eigenvalue weighted by molar-refractivity contribution is -0.907. The smallest absolute Gasteiger partial charge is 0.231 e. The van der Waals surface area contributed by atoms with Gasteiger partial charge in [-0.3, -0.25) is 10.7 Å². The Morgan fingerprint density at radius 1 is 1.29 bits per heavy atom. The van der Waals surface area contributed by atoms with Crippen LogP contribution < -0.4 is 29.3 Å². The molecular weight excluding hydrogens is 396 g/mol. The first-order valence-corrected chi connectivity index (χ1v) is 10.7. The minimum atomic E-state index is 0.00592. The van der Waals surface area contributed by atoms with E-state index in [1.807, 2.05) is 38.1 Å². The molecule has 4 rings (SSSR count). The number of fused-ring (bicyclic) bond motifs is 2. The molecule has 31 heavy (non-hydrogen) atoms. The molecule has 2 aromatic carbocycles. The third-order valence-electron chi connectivity index (χ3n) is 5.78. The Kier molecular flexibility index (Phi) is 6.25. The van der Waals surface area contributed by atoms with E-state index in [1.54, 1.807) is 7.11 Å². The molecule has 166 valence electrons. The molecule has 0 saturated heterocycles. The Morgan fingerprint density at radius 3 is 2.74 bits per heavy atom. The van der Waals surface area contributed by atoms with Crippen LogP contribution in [0.1, 0.15) is 36.6 Å². The number of benzene rings is 2. The second-order valence-corrected chi connectivity index (χ2v) is 8.33. The molecule has 7 heteroatoms. The number of allylic oxidation sites excluding steroid dienone is 1. The van der Waals surface area contributed by atoms with Gasteiger partial charge in [-0.1, -0.05) is 12.1 Å². The van der Waals surface area contributed by atoms with Crippen molar-refractivity contribution in [2.45, 2.75) is 38.8 Å². The van der Waals surface area contributed by atoms with E-state index < -0.39 is 0 Å². The third kappa shape index (κ3) is 4.43. The van der Waals surface area contributed by atoms with Crippen LogP contribution >= 0.6 is 0 Å². The number of rotatable bonds is 7. The van der Waals surface area contributed by atoms with E-state index in [-0.39, 0.29) is 18.9 Å². The highest BCUT2D eigenvalue weighted by molar-refractivity contribution is 5.61. The summed E-state index contributed by atoms with van der Waals surface area (Å²) in [6.07, 6.45) is 3.72. The van der Waals surface area contributed by atoms with Crippen molar-refractivity contribution < 1.29 is 29.1 Å². The quantitative estimate of drug-likeness (QED) is 0.590. The van der Waals surface area contributed by atoms with Gasteiger partial charge in [0, 0.05) is 18.5 Å². The van der Waals surface area contributed by atoms with Crippen molar-refractivity contribution in [1.82, 2.24) is 5.48 Å². The lowest BCUT2D eigenvalue weighted by Crippen LogP contribution is -3.10. The molecule has 2 aliphatic heterocycles. The first-order chi connectivity index (χ1) is 15.0. The summed E-state index contributed by atoms with van der Waals surface area (Å²) in [5.74, 6) is 2.96. The second kappa shape index (κ2) is 9.08. The molecule has 0 radical (unpaired) electrons. The number of methoxy groups -OCH3 is 1. The molecule has 2 aliphatic rings. The summed E-state index contributed by atoms with van der Waals surface area (Å²) in [7, 11) is 3.81. The molecule has 0 aromatic heterocycles. The average Bonchev–Trinajstić information content (AvgIpc) is 3.22. The molecule has 0 saturated carbocycles. The van der Waals surface area contributed by atoms with Gasteiger partial charge in [-0.25, -0.2) is 0 Å². The van der Waals surface area contributed by atoms with Crippen LogP contribution in [0.5, 0.6) is 23.0 Å². The van der Waals surface area contributed by atoms with E-state index in [4.69, 9.17) is 18.9 Å². The molecule has 0 amide bonds. The molecule has 0 aliphatic carbocycles. The zero-order valence-corrected chi connectivity index (χ0v) is 18.5. The molecule has 0 fully saturated rings. The summed E-state index contributed by atoms with van der Waals surface area (Å²) >= 11 is 0. The lowest BCUT2D eigenvalue weighted by atomic mass is 9.90. The Bertz CT molecular complexity index is 955. The summed E-state index contributed by atoms with van der Waals surface area (Å²) in [5, 5.41) is 9.88. The number of likely N-dealkylation sites (N-methyl/N-ethyl adjacent to an activating group) is 1. The zero-order chi connectivity index (χ0) is 22.0. The van der Waals surface area contributed by atoms with Crippen LogP contribution in [-0.4, -0.2) is 38.8 Å². The van der Waals surface area contributed by atoms with E-state index in [2.05, 4.69) is 24.7 Å². The number of ether oxygens (including phenoxy) is 4. The van der Waals surface area contributed by atoms with Gasteiger partial charge in [0.2, 0.25) is 12.5 Å². The van der Waals surface area contributed by atoms with Crippen LogP contribution in [0.3, 0.4) is 0 Å². The molecule has 2 atom stereocenters. The first-order valence-electron chi connectivity index (χ1n) is 10.7. The zero-order valence-electron chi connectivity index (χ0n) is 18.5. The maximum absolute atomic E-state index is 9.88. The number of hydrogen-bond donors (Lipinski definition) is 3. The summed E-state index contributed by atoms with van der Waals surface area (Å²) in [5.41, 5.74) is 6.50. The maximum atomic E-state index is 9.88. The van der Waals surface area contributed by atoms with Crippen molar-refractivity contribution in [3.63, 3.8) is 0 Å². The van der Waals surface area contributed by atoms with Gasteiger partial charge in [-0.05, 0) is 49.2 Å². The Balaban J connectivity index is 1.64. The maximum Gasteiger partial charge on any atom is 0.231 e. The van der Waals surface area contributed by atoms with Crippen molar-refractivity contribution in [1.29, 1.82) is 0 Å². The van der Waals surface area contributed by atoms with Crippen LogP contribution in [0, 0.1) is 0 Å². The van der Waals surface area contributed by atoms with Gasteiger partial charge in [0.1, 0.15) is 11.8 Å². The van der Waals surface area contributed by atoms with E-state index in [9.17, 15) is 5.21 Å². The monoisotopic (exact) mass is 427 g/mol. The molecule has 7 nitrogen and oxygen atoms in total. The van der Waals surface area contributed by atoms with Crippen LogP contribution in [0.25, 0.3) is 0 Å². The standard InChI is InChI=1S/C24H30N2O5/c1-15(2)31-19-7-5-16(6-8-19)11-18(25-27)13-20-22-17(9-10-26(20)3)12-21-23(24(22)28-4)30-14-29-21/h5-8,12-13,15,20,25,27H,9-11,14H2,1-4H3/p+1/b18-13-/t20-/m1/s1. The van der Waals surface area contributed by atoms with Gasteiger partial charge in [-0.2, -0.15) is 0 Å². The van der Waals surface area contributed by atoms with Gasteiger partial charge in [0.05, 0.1) is 32.4 Å². The number of hydroxylamine groups is 1. The van der Waals surface area contributed by atoms with Crippen molar-refractivity contribution >= 4 is 0 Å². The van der Waals surface area contributed by atoms with Crippen LogP contribution in [0.2, 0.25) is 0 Å². The topological polar surface area (TPSA) is 73.6 Å². The van der Waals surface area contributed by atoms with Crippen molar-refractivity contribution in [2.75, 3.05) is 27.5 Å². The van der Waals surface area contributed by atoms with Gasteiger partial charge in [0.25, 0.3) is 0 Å². The predicted molar refractivity (Wildman–Crippen MR) is 116 cm³/mol. The van der Waals surface area contributed by atoms with E-state index >= 15 is 0 Å². The Labute approximate surface area is 183 Å². The first kappa shape index (κ1) is 21.3. The molecule has 0 spiro atoms. The second-order valence-electron chi connectivity index (χ2n) is 8.33. The minimum absolute atomic E-state index is 0.00592. The largest absolute Gasteiger partial charge is 0.492 e. The summed E-state index contributed by atoms with van der Waals surface area (Å²) < 4.78 is 22.8. The van der Waals surface area contributed by atoms with E-state index in [1.165, 1.54) is 10.5 Å². The van der Waals surface area contributed by atoms with E-state index in [0.29, 0.717) is 12.2 Å². The number of hydrogen-bond acceptors (Lipinski definition) is 6. The summed E-state index contributed by atoms with van der Waals surface area (Å²) in [6.45, 7) is 5.19. The fraction of sp³-hybridized carbons (Fsp3) is 0.417. The van der Waals surface area contributed by atoms with Crippen molar-refractivity contribution in [3.05, 3.63) is 58.8 Å². The highest BCUT2D eigenvalue weighted by Crippen LogP contribution is 2.47. The number of quaternary nitrogens is 1. The molecule has 2 heterocycles. The summed E-state index contributed by atoms with van der Waals surface area (Å²) in [4.78, 5) is 1.32. The highest BCUT2D eigenvalue weighted by Gasteiger charge is 2.35. The van der Waals surface area contributed by atoms with Gasteiger partial charge < -0.3 is 23.8 Å². The lowest BCUT2D eigenvalue weighted by Gasteiger charge is -2.31. The third-order valence-corrected chi connectivity index (χ3v) is 5.78. The molecule has 0 bridgehead atoms. The highest BCUT2D eigenvalue weighted by atomic mass is 16.7. The van der Waals surface area contributed by atoms with Crippen LogP contribution in [0.15, 0.2) is 42.1 Å². The van der Waals surface area contributed by atoms with Crippen molar-refractivity contribution in [3.8, 4) is 23.0 Å². The van der Waals surface area contributed by atoms with Crippen molar-refractivity contribution in [2.24, 2.45) is 0 Å². The minimum Gasteiger partial charge on any atom is -0.492 e. The van der Waals surface area contributed by atoms with Gasteiger partial charge in [-0.15, -0.1) is 0 Å². The number of nitrogens with one attached hydrogen (secondary N) is 2. The Hall–Kier alpha value is -2.90. The van der Waals surface area contributed by atoms with E-state index in [0.717, 1.165) is 47.0 Å². The SMILES string of the molecule is COc1c2c(cc3c1[C@@H](/C=C(/Cc1ccc(OC(C)C)cc1)NO)[NH+](C)CC3)OCO2. The molecule has 2 aromatic rings. The van der Waals surface area contributed by atoms with Crippen LogP contribution in [0.4, 0.5) is 0 Å². The van der Waals surface area contributed by atoms with Gasteiger partial charge >= 0.3 is 0 Å². The molecular formula is C24H31N2O5+. The normalized spacial score (nSPS) is 19.9. The van der Waals surface area contributed by atoms with Gasteiger partial charge in [0.15, 0.2) is 11.5 Å². The predicted octanol–water partition coefficient (Wildman–Crippen LogP) is 2.43. The fourth-order valence-corrected chi connectivity index (χ4v) is 4.30.